The summed E-state index contributed by atoms with van der Waals surface area (Å²) in [6.07, 6.45) is 0.152. The van der Waals surface area contributed by atoms with E-state index in [0.717, 1.165) is 11.8 Å². The molecule has 0 saturated heterocycles. The smallest absolute Gasteiger partial charge is 0.202 e. The van der Waals surface area contributed by atoms with Gasteiger partial charge in [-0.05, 0) is 26.0 Å². The van der Waals surface area contributed by atoms with Crippen molar-refractivity contribution >= 4 is 12.1 Å². The second-order valence-electron chi connectivity index (χ2n) is 4.68. The van der Waals surface area contributed by atoms with Crippen LogP contribution in [0.1, 0.15) is 33.2 Å². The van der Waals surface area contributed by atoms with Crippen LogP contribution in [0.2, 0.25) is 0 Å². The lowest BCUT2D eigenvalue weighted by Crippen LogP contribution is -2.23. The first-order valence-electron chi connectivity index (χ1n) is 6.43. The van der Waals surface area contributed by atoms with Crippen molar-refractivity contribution in [3.8, 4) is 5.75 Å². The molecule has 2 aromatic carbocycles. The van der Waals surface area contributed by atoms with Crippen LogP contribution in [-0.2, 0) is 0 Å². The summed E-state index contributed by atoms with van der Waals surface area (Å²) in [7, 11) is 0. The monoisotopic (exact) mass is 268 g/mol. The van der Waals surface area contributed by atoms with E-state index in [-0.39, 0.29) is 5.78 Å². The predicted octanol–water partition coefficient (Wildman–Crippen LogP) is 3.46. The van der Waals surface area contributed by atoms with Crippen LogP contribution in [0.5, 0.6) is 5.75 Å². The Balaban J connectivity index is 2.10. The number of rotatable bonds is 5. The van der Waals surface area contributed by atoms with Crippen LogP contribution in [0.25, 0.3) is 0 Å². The van der Waals surface area contributed by atoms with Crippen molar-refractivity contribution < 1.29 is 14.3 Å². The molecule has 0 fully saturated rings. The maximum Gasteiger partial charge on any atom is 0.202 e. The fourth-order valence-corrected chi connectivity index (χ4v) is 1.87. The van der Waals surface area contributed by atoms with Gasteiger partial charge in [0.2, 0.25) is 5.78 Å². The number of Topliss-reactive ketones (excluding diaryl/α,β-unsaturated/α-hetero) is 1. The molecule has 3 nitrogen and oxygen atoms in total. The van der Waals surface area contributed by atoms with Crippen LogP contribution in [0.4, 0.5) is 0 Å². The third kappa shape index (κ3) is 3.32. The Kier molecular flexibility index (Phi) is 4.31. The standard InChI is InChI=1S/C17H16O3/c1-12-6-8-15(9-7-12)17(19)13(2)20-16-5-3-4-14(10-16)11-18/h3-11,13H,1-2H3. The van der Waals surface area contributed by atoms with Gasteiger partial charge in [0.05, 0.1) is 0 Å². The zero-order valence-electron chi connectivity index (χ0n) is 11.5. The fraction of sp³-hybridized carbons (Fsp3) is 0.176. The van der Waals surface area contributed by atoms with Crippen molar-refractivity contribution in [1.82, 2.24) is 0 Å². The van der Waals surface area contributed by atoms with Crippen LogP contribution >= 0.6 is 0 Å². The first-order valence-corrected chi connectivity index (χ1v) is 6.43. The molecule has 0 N–H and O–H groups in total. The number of ketones is 1. The molecular weight excluding hydrogens is 252 g/mol. The van der Waals surface area contributed by atoms with E-state index in [2.05, 4.69) is 0 Å². The average molecular weight is 268 g/mol. The number of carbonyl (C=O) groups excluding carboxylic acids is 2. The van der Waals surface area contributed by atoms with E-state index in [0.29, 0.717) is 16.9 Å². The molecule has 3 heteroatoms. The number of carbonyl (C=O) groups is 2. The molecule has 102 valence electrons. The van der Waals surface area contributed by atoms with Gasteiger partial charge in [-0.15, -0.1) is 0 Å². The van der Waals surface area contributed by atoms with Crippen LogP contribution in [0.3, 0.4) is 0 Å². The van der Waals surface area contributed by atoms with Crippen molar-refractivity contribution in [2.75, 3.05) is 0 Å². The maximum atomic E-state index is 12.2. The van der Waals surface area contributed by atoms with Gasteiger partial charge in [0.1, 0.15) is 12.0 Å². The highest BCUT2D eigenvalue weighted by molar-refractivity contribution is 5.99. The SMILES string of the molecule is Cc1ccc(C(=O)C(C)Oc2cccc(C=O)c2)cc1. The number of benzene rings is 2. The highest BCUT2D eigenvalue weighted by Crippen LogP contribution is 2.16. The molecule has 0 aliphatic carbocycles. The van der Waals surface area contributed by atoms with Gasteiger partial charge in [-0.2, -0.15) is 0 Å². The number of hydrogen-bond acceptors (Lipinski definition) is 3. The molecule has 0 aliphatic heterocycles. The third-order valence-corrected chi connectivity index (χ3v) is 3.01. The summed E-state index contributed by atoms with van der Waals surface area (Å²) in [5.41, 5.74) is 2.25. The highest BCUT2D eigenvalue weighted by Gasteiger charge is 2.16. The molecule has 1 atom stereocenters. The number of hydrogen-bond donors (Lipinski definition) is 0. The number of aryl methyl sites for hydroxylation is 1. The molecule has 2 aromatic rings. The second kappa shape index (κ2) is 6.15. The van der Waals surface area contributed by atoms with E-state index in [1.165, 1.54) is 0 Å². The van der Waals surface area contributed by atoms with Gasteiger partial charge in [-0.1, -0.05) is 42.0 Å². The van der Waals surface area contributed by atoms with Crippen molar-refractivity contribution in [3.05, 3.63) is 65.2 Å². The summed E-state index contributed by atoms with van der Waals surface area (Å²) in [6, 6.07) is 14.1. The molecule has 1 unspecified atom stereocenters. The summed E-state index contributed by atoms with van der Waals surface area (Å²) >= 11 is 0. The summed E-state index contributed by atoms with van der Waals surface area (Å²) in [5, 5.41) is 0. The summed E-state index contributed by atoms with van der Waals surface area (Å²) < 4.78 is 5.59. The van der Waals surface area contributed by atoms with Gasteiger partial charge >= 0.3 is 0 Å². The minimum atomic E-state index is -0.598. The molecule has 0 bridgehead atoms. The molecule has 0 saturated carbocycles. The van der Waals surface area contributed by atoms with E-state index >= 15 is 0 Å². The lowest BCUT2D eigenvalue weighted by molar-refractivity contribution is 0.0818. The molecule has 2 rings (SSSR count). The molecule has 0 spiro atoms. The minimum Gasteiger partial charge on any atom is -0.483 e. The Morgan fingerprint density at radius 1 is 1.15 bits per heavy atom. The van der Waals surface area contributed by atoms with E-state index in [1.807, 2.05) is 19.1 Å². The van der Waals surface area contributed by atoms with Crippen molar-refractivity contribution in [2.24, 2.45) is 0 Å². The van der Waals surface area contributed by atoms with Gasteiger partial charge in [-0.3, -0.25) is 9.59 Å². The van der Waals surface area contributed by atoms with Crippen LogP contribution in [-0.4, -0.2) is 18.2 Å². The predicted molar refractivity (Wildman–Crippen MR) is 77.4 cm³/mol. The quantitative estimate of drug-likeness (QED) is 0.616. The van der Waals surface area contributed by atoms with Crippen molar-refractivity contribution in [3.63, 3.8) is 0 Å². The van der Waals surface area contributed by atoms with Gasteiger partial charge < -0.3 is 4.74 Å². The number of ether oxygens (including phenoxy) is 1. The Morgan fingerprint density at radius 2 is 1.85 bits per heavy atom. The molecule has 0 aliphatic rings. The molecule has 0 amide bonds. The molecule has 0 radical (unpaired) electrons. The Labute approximate surface area is 118 Å². The molecular formula is C17H16O3. The third-order valence-electron chi connectivity index (χ3n) is 3.01. The van der Waals surface area contributed by atoms with Gasteiger partial charge in [-0.25, -0.2) is 0 Å². The van der Waals surface area contributed by atoms with Gasteiger partial charge in [0, 0.05) is 11.1 Å². The normalized spacial score (nSPS) is 11.7. The first-order chi connectivity index (χ1) is 9.60. The topological polar surface area (TPSA) is 43.4 Å². The minimum absolute atomic E-state index is 0.0819. The Morgan fingerprint density at radius 3 is 2.50 bits per heavy atom. The fourth-order valence-electron chi connectivity index (χ4n) is 1.87. The Bertz CT molecular complexity index is 614. The highest BCUT2D eigenvalue weighted by atomic mass is 16.5. The molecule has 0 heterocycles. The van der Waals surface area contributed by atoms with Crippen LogP contribution < -0.4 is 4.74 Å². The van der Waals surface area contributed by atoms with Gasteiger partial charge in [0.25, 0.3) is 0 Å². The van der Waals surface area contributed by atoms with Crippen molar-refractivity contribution in [2.45, 2.75) is 20.0 Å². The van der Waals surface area contributed by atoms with Crippen LogP contribution in [0, 0.1) is 6.92 Å². The summed E-state index contributed by atoms with van der Waals surface area (Å²) in [6.45, 7) is 3.68. The summed E-state index contributed by atoms with van der Waals surface area (Å²) in [5.74, 6) is 0.434. The van der Waals surface area contributed by atoms with E-state index < -0.39 is 6.10 Å². The maximum absolute atomic E-state index is 12.2. The van der Waals surface area contributed by atoms with E-state index in [4.69, 9.17) is 4.74 Å². The number of aldehydes is 1. The zero-order chi connectivity index (χ0) is 14.5. The molecule has 20 heavy (non-hydrogen) atoms. The zero-order valence-corrected chi connectivity index (χ0v) is 11.5. The largest absolute Gasteiger partial charge is 0.483 e. The lowest BCUT2D eigenvalue weighted by Gasteiger charge is -2.14. The second-order valence-corrected chi connectivity index (χ2v) is 4.68. The average Bonchev–Trinajstić information content (AvgIpc) is 2.47. The van der Waals surface area contributed by atoms with Crippen molar-refractivity contribution in [1.29, 1.82) is 0 Å². The summed E-state index contributed by atoms with van der Waals surface area (Å²) in [4.78, 5) is 22.9. The van der Waals surface area contributed by atoms with Crippen LogP contribution in [0.15, 0.2) is 48.5 Å². The van der Waals surface area contributed by atoms with E-state index in [1.54, 1.807) is 43.3 Å². The van der Waals surface area contributed by atoms with E-state index in [9.17, 15) is 9.59 Å². The molecule has 0 aromatic heterocycles. The lowest BCUT2D eigenvalue weighted by atomic mass is 10.1. The first kappa shape index (κ1) is 14.0. The Hall–Kier alpha value is -2.42. The van der Waals surface area contributed by atoms with Gasteiger partial charge in [0.15, 0.2) is 6.10 Å².